The third-order valence-corrected chi connectivity index (χ3v) is 10.5. The van der Waals surface area contributed by atoms with Crippen LogP contribution in [0.1, 0.15) is 94.9 Å². The molecular weight excluding hydrogens is 544 g/mol. The van der Waals surface area contributed by atoms with Crippen LogP contribution in [0, 0.1) is 10.8 Å². The Morgan fingerprint density at radius 3 is 1.52 bits per heavy atom. The lowest BCUT2D eigenvalue weighted by Gasteiger charge is -2.46. The van der Waals surface area contributed by atoms with E-state index in [9.17, 15) is 10.2 Å². The number of hydrogen-bond donors (Lipinski definition) is 2. The fourth-order valence-corrected chi connectivity index (χ4v) is 8.11. The van der Waals surface area contributed by atoms with Crippen molar-refractivity contribution in [3.05, 3.63) is 107 Å². The average Bonchev–Trinajstić information content (AvgIpc) is 3.30. The van der Waals surface area contributed by atoms with E-state index in [0.717, 1.165) is 24.0 Å². The van der Waals surface area contributed by atoms with Gasteiger partial charge < -0.3 is 19.7 Å². The van der Waals surface area contributed by atoms with E-state index in [4.69, 9.17) is 9.47 Å². The molecule has 2 N–H and O–H groups in total. The van der Waals surface area contributed by atoms with E-state index in [0.29, 0.717) is 12.8 Å². The number of aliphatic hydroxyl groups is 2. The van der Waals surface area contributed by atoms with Crippen molar-refractivity contribution in [3.8, 4) is 0 Å². The van der Waals surface area contributed by atoms with Crippen LogP contribution >= 0.6 is 0 Å². The quantitative estimate of drug-likeness (QED) is 0.194. The van der Waals surface area contributed by atoms with Crippen molar-refractivity contribution in [3.63, 3.8) is 0 Å². The number of ether oxygens (including phenoxy) is 2. The Morgan fingerprint density at radius 2 is 1.05 bits per heavy atom. The first-order chi connectivity index (χ1) is 20.4. The van der Waals surface area contributed by atoms with Gasteiger partial charge in [-0.15, -0.1) is 0 Å². The van der Waals surface area contributed by atoms with Gasteiger partial charge in [0.25, 0.3) is 0 Å². The van der Waals surface area contributed by atoms with E-state index in [-0.39, 0.29) is 34.2 Å². The number of rotatable bonds is 10. The molecule has 2 bridgehead atoms. The molecule has 1 aliphatic carbocycles. The highest BCUT2D eigenvalue weighted by Crippen LogP contribution is 2.66. The van der Waals surface area contributed by atoms with E-state index in [1.807, 2.05) is 6.92 Å². The van der Waals surface area contributed by atoms with Gasteiger partial charge in [0.2, 0.25) is 0 Å². The number of allylic oxidation sites excluding steroid dienone is 16. The molecule has 0 amide bonds. The third-order valence-electron chi connectivity index (χ3n) is 10.5. The van der Waals surface area contributed by atoms with Gasteiger partial charge >= 0.3 is 0 Å². The van der Waals surface area contributed by atoms with Crippen molar-refractivity contribution >= 4 is 0 Å². The van der Waals surface area contributed by atoms with Gasteiger partial charge in [-0.2, -0.15) is 0 Å². The van der Waals surface area contributed by atoms with Crippen molar-refractivity contribution in [2.24, 2.45) is 10.8 Å². The smallest absolute Gasteiger partial charge is 0.121 e. The molecule has 0 spiro atoms. The van der Waals surface area contributed by atoms with Crippen molar-refractivity contribution in [2.45, 2.75) is 130 Å². The molecule has 6 unspecified atom stereocenters. The first-order valence-electron chi connectivity index (χ1n) is 16.3. The molecule has 0 aromatic carbocycles. The molecule has 240 valence electrons. The molecule has 44 heavy (non-hydrogen) atoms. The van der Waals surface area contributed by atoms with E-state index in [2.05, 4.69) is 147 Å². The van der Waals surface area contributed by atoms with Crippen LogP contribution in [0.4, 0.5) is 0 Å². The average molecular weight is 601 g/mol. The van der Waals surface area contributed by atoms with Gasteiger partial charge in [0, 0.05) is 23.7 Å². The van der Waals surface area contributed by atoms with Crippen LogP contribution < -0.4 is 0 Å². The second kappa shape index (κ2) is 12.4. The molecular formula is C40H56O4. The summed E-state index contributed by atoms with van der Waals surface area (Å²) < 4.78 is 12.6. The van der Waals surface area contributed by atoms with Crippen LogP contribution in [-0.2, 0) is 9.47 Å². The minimum absolute atomic E-state index is 0.0969. The number of hydrogen-bond acceptors (Lipinski definition) is 4. The summed E-state index contributed by atoms with van der Waals surface area (Å²) >= 11 is 0. The topological polar surface area (TPSA) is 62.2 Å². The Hall–Kier alpha value is -2.50. The van der Waals surface area contributed by atoms with Gasteiger partial charge in [0.05, 0.1) is 17.8 Å². The maximum absolute atomic E-state index is 11.1. The second-order valence-electron chi connectivity index (χ2n) is 15.5. The van der Waals surface area contributed by atoms with Crippen LogP contribution in [0.25, 0.3) is 0 Å². The number of epoxide rings is 1. The fourth-order valence-electron chi connectivity index (χ4n) is 8.11. The lowest BCUT2D eigenvalue weighted by Crippen LogP contribution is -2.56. The molecule has 3 heterocycles. The fraction of sp³-hybridized carbons (Fsp3) is 0.550. The minimum atomic E-state index is -0.847. The summed E-state index contributed by atoms with van der Waals surface area (Å²) in [5, 5.41) is 21.3. The molecule has 6 atom stereocenters. The first-order valence-corrected chi connectivity index (χ1v) is 16.3. The van der Waals surface area contributed by atoms with Crippen molar-refractivity contribution in [2.75, 3.05) is 0 Å². The van der Waals surface area contributed by atoms with Crippen LogP contribution in [0.2, 0.25) is 0 Å². The SMILES string of the molecule is CC(=C/C=C\C=C(C)\C=C\C=C(C)\C=C\C12OC1(C)CC(O)CC2(C)C)/C=C/C=C(C)\C=C\C12OC(CC1(C)C)CC2(C)O. The largest absolute Gasteiger partial charge is 0.393 e. The predicted octanol–water partition coefficient (Wildman–Crippen LogP) is 8.97. The highest BCUT2D eigenvalue weighted by atomic mass is 16.6. The first kappa shape index (κ1) is 34.4. The summed E-state index contributed by atoms with van der Waals surface area (Å²) in [6.45, 7) is 21.2. The van der Waals surface area contributed by atoms with E-state index < -0.39 is 11.2 Å². The zero-order valence-corrected chi connectivity index (χ0v) is 28.8. The molecule has 3 saturated heterocycles. The summed E-state index contributed by atoms with van der Waals surface area (Å²) in [5.41, 5.74) is 2.37. The third kappa shape index (κ3) is 6.70. The predicted molar refractivity (Wildman–Crippen MR) is 183 cm³/mol. The molecule has 0 aromatic heterocycles. The van der Waals surface area contributed by atoms with E-state index in [1.54, 1.807) is 0 Å². The van der Waals surface area contributed by atoms with Gasteiger partial charge in [-0.05, 0) is 66.5 Å². The lowest BCUT2D eigenvalue weighted by molar-refractivity contribution is -0.115. The van der Waals surface area contributed by atoms with Gasteiger partial charge in [-0.25, -0.2) is 0 Å². The standard InChI is InChI=1S/C40H56O4/c1-29(17-13-19-31(3)21-23-39-36(7,8)27-34(43-39)28-37(39,9)42)15-11-12-16-30(2)18-14-20-32(4)22-24-40-35(5,6)25-33(41)26-38(40,10)44-40/h11-24,33-34,41-42H,25-28H2,1-10H3/b12-11-,17-13+,18-14+,23-21+,24-22+,29-15-,30-16+,31-19-,32-20+. The maximum atomic E-state index is 11.1. The summed E-state index contributed by atoms with van der Waals surface area (Å²) in [7, 11) is 0. The monoisotopic (exact) mass is 600 g/mol. The lowest BCUT2D eigenvalue weighted by atomic mass is 9.61. The Balaban J connectivity index is 1.27. The maximum Gasteiger partial charge on any atom is 0.121 e. The zero-order valence-electron chi connectivity index (χ0n) is 28.8. The summed E-state index contributed by atoms with van der Waals surface area (Å²) in [6.07, 6.45) is 32.4. The Morgan fingerprint density at radius 1 is 0.591 bits per heavy atom. The molecule has 4 fully saturated rings. The van der Waals surface area contributed by atoms with Crippen LogP contribution in [0.15, 0.2) is 107 Å². The van der Waals surface area contributed by atoms with Crippen LogP contribution in [0.5, 0.6) is 0 Å². The van der Waals surface area contributed by atoms with E-state index >= 15 is 0 Å². The molecule has 4 aliphatic rings. The normalized spacial score (nSPS) is 39.2. The van der Waals surface area contributed by atoms with Gasteiger partial charge in [0.1, 0.15) is 16.8 Å². The Labute approximate surface area is 267 Å². The molecule has 0 aromatic rings. The number of fused-ring (bicyclic) bond motifs is 3. The van der Waals surface area contributed by atoms with Crippen molar-refractivity contribution < 1.29 is 19.7 Å². The zero-order chi connectivity index (χ0) is 32.6. The van der Waals surface area contributed by atoms with Crippen LogP contribution in [0.3, 0.4) is 0 Å². The highest BCUT2D eigenvalue weighted by molar-refractivity contribution is 5.37. The summed E-state index contributed by atoms with van der Waals surface area (Å²) in [5.74, 6) is 0. The highest BCUT2D eigenvalue weighted by Gasteiger charge is 2.74. The van der Waals surface area contributed by atoms with Crippen LogP contribution in [-0.4, -0.2) is 44.8 Å². The summed E-state index contributed by atoms with van der Waals surface area (Å²) in [6, 6.07) is 0. The van der Waals surface area contributed by atoms with Gasteiger partial charge in [0.15, 0.2) is 0 Å². The van der Waals surface area contributed by atoms with Gasteiger partial charge in [-0.1, -0.05) is 123 Å². The summed E-state index contributed by atoms with van der Waals surface area (Å²) in [4.78, 5) is 0. The number of aliphatic hydroxyl groups excluding tert-OH is 1. The second-order valence-corrected chi connectivity index (χ2v) is 15.5. The Bertz CT molecular complexity index is 1350. The molecule has 1 saturated carbocycles. The van der Waals surface area contributed by atoms with Crippen molar-refractivity contribution in [1.82, 2.24) is 0 Å². The molecule has 3 aliphatic heterocycles. The van der Waals surface area contributed by atoms with Gasteiger partial charge in [-0.3, -0.25) is 0 Å². The molecule has 4 rings (SSSR count). The Kier molecular flexibility index (Phi) is 9.66. The molecule has 0 radical (unpaired) electrons. The molecule has 4 heteroatoms. The van der Waals surface area contributed by atoms with E-state index in [1.165, 1.54) is 11.1 Å². The minimum Gasteiger partial charge on any atom is -0.393 e. The van der Waals surface area contributed by atoms with Crippen molar-refractivity contribution in [1.29, 1.82) is 0 Å². The molecule has 4 nitrogen and oxygen atoms in total.